The number of hydrogen-bond donors (Lipinski definition) is 2. The third-order valence-corrected chi connectivity index (χ3v) is 4.27. The lowest BCUT2D eigenvalue weighted by atomic mass is 10.00. The molecule has 8 heteroatoms. The summed E-state index contributed by atoms with van der Waals surface area (Å²) in [5, 5.41) is 16.0. The van der Waals surface area contributed by atoms with Crippen molar-refractivity contribution in [1.82, 2.24) is 20.1 Å². The standard InChI is InChI=1S/C17H20N4O4/c1-25-10-14-18-15(20-19-14)13-4-2-3-9-21(13)16(22)11-5-7-12(8-6-11)17(23)24/h5-8,13H,2-4,9-10H2,1H3,(H,23,24)(H,18,19,20). The van der Waals surface area contributed by atoms with Crippen LogP contribution in [0.15, 0.2) is 24.3 Å². The van der Waals surface area contributed by atoms with Gasteiger partial charge in [-0.15, -0.1) is 0 Å². The third kappa shape index (κ3) is 3.69. The normalized spacial score (nSPS) is 17.5. The molecule has 8 nitrogen and oxygen atoms in total. The monoisotopic (exact) mass is 344 g/mol. The molecule has 2 heterocycles. The van der Waals surface area contributed by atoms with E-state index >= 15 is 0 Å². The molecule has 1 atom stereocenters. The highest BCUT2D eigenvalue weighted by Gasteiger charge is 2.31. The second-order valence-corrected chi connectivity index (χ2v) is 5.97. The summed E-state index contributed by atoms with van der Waals surface area (Å²) in [5.41, 5.74) is 0.620. The Kier molecular flexibility index (Phi) is 5.08. The number of benzene rings is 1. The maximum absolute atomic E-state index is 12.9. The highest BCUT2D eigenvalue weighted by atomic mass is 16.5. The average Bonchev–Trinajstić information content (AvgIpc) is 3.10. The molecule has 3 rings (SSSR count). The van der Waals surface area contributed by atoms with E-state index in [1.165, 1.54) is 12.1 Å². The number of nitrogens with zero attached hydrogens (tertiary/aromatic N) is 3. The number of H-pyrrole nitrogens is 1. The van der Waals surface area contributed by atoms with E-state index in [-0.39, 0.29) is 17.5 Å². The number of likely N-dealkylation sites (tertiary alicyclic amines) is 1. The van der Waals surface area contributed by atoms with E-state index in [4.69, 9.17) is 9.84 Å². The number of nitrogens with one attached hydrogen (secondary N) is 1. The lowest BCUT2D eigenvalue weighted by Gasteiger charge is -2.34. The van der Waals surface area contributed by atoms with Crippen LogP contribution >= 0.6 is 0 Å². The molecule has 1 fully saturated rings. The van der Waals surface area contributed by atoms with E-state index in [1.54, 1.807) is 24.1 Å². The lowest BCUT2D eigenvalue weighted by molar-refractivity contribution is 0.0598. The Bertz CT molecular complexity index is 756. The van der Waals surface area contributed by atoms with Crippen LogP contribution in [0.3, 0.4) is 0 Å². The van der Waals surface area contributed by atoms with Gasteiger partial charge in [0.25, 0.3) is 5.91 Å². The van der Waals surface area contributed by atoms with Crippen LogP contribution in [0.2, 0.25) is 0 Å². The first-order valence-electron chi connectivity index (χ1n) is 8.14. The number of ether oxygens (including phenoxy) is 1. The zero-order valence-corrected chi connectivity index (χ0v) is 13.9. The molecule has 132 valence electrons. The van der Waals surface area contributed by atoms with E-state index < -0.39 is 5.97 Å². The van der Waals surface area contributed by atoms with Crippen molar-refractivity contribution in [2.45, 2.75) is 31.9 Å². The smallest absolute Gasteiger partial charge is 0.335 e. The number of hydrogen-bond acceptors (Lipinski definition) is 5. The molecule has 0 aliphatic carbocycles. The number of carbonyl (C=O) groups excluding carboxylic acids is 1. The van der Waals surface area contributed by atoms with Gasteiger partial charge in [0.05, 0.1) is 11.6 Å². The number of carboxylic acids is 1. The molecule has 0 saturated carbocycles. The summed E-state index contributed by atoms with van der Waals surface area (Å²) >= 11 is 0. The lowest BCUT2D eigenvalue weighted by Crippen LogP contribution is -2.39. The quantitative estimate of drug-likeness (QED) is 0.859. The van der Waals surface area contributed by atoms with Crippen molar-refractivity contribution in [2.24, 2.45) is 0 Å². The summed E-state index contributed by atoms with van der Waals surface area (Å²) in [7, 11) is 1.58. The van der Waals surface area contributed by atoms with Gasteiger partial charge in [0, 0.05) is 19.2 Å². The Morgan fingerprint density at radius 3 is 2.68 bits per heavy atom. The highest BCUT2D eigenvalue weighted by molar-refractivity contribution is 5.96. The summed E-state index contributed by atoms with van der Waals surface area (Å²) in [6, 6.07) is 5.79. The topological polar surface area (TPSA) is 108 Å². The van der Waals surface area contributed by atoms with Gasteiger partial charge < -0.3 is 14.7 Å². The second kappa shape index (κ2) is 7.43. The number of carbonyl (C=O) groups is 2. The molecule has 0 radical (unpaired) electrons. The van der Waals surface area contributed by atoms with Crippen molar-refractivity contribution in [1.29, 1.82) is 0 Å². The SMILES string of the molecule is COCc1nc(C2CCCCN2C(=O)c2ccc(C(=O)O)cc2)n[nH]1. The van der Waals surface area contributed by atoms with Gasteiger partial charge in [-0.2, -0.15) is 5.10 Å². The van der Waals surface area contributed by atoms with Crippen LogP contribution in [-0.4, -0.2) is 50.7 Å². The predicted molar refractivity (Wildman–Crippen MR) is 88.1 cm³/mol. The summed E-state index contributed by atoms with van der Waals surface area (Å²) in [5.74, 6) is 0.0597. The first kappa shape index (κ1) is 17.1. The van der Waals surface area contributed by atoms with Gasteiger partial charge in [0.15, 0.2) is 11.6 Å². The molecule has 1 saturated heterocycles. The Morgan fingerprint density at radius 2 is 2.00 bits per heavy atom. The predicted octanol–water partition coefficient (Wildman–Crippen LogP) is 2.02. The molecule has 1 aromatic heterocycles. The fraction of sp³-hybridized carbons (Fsp3) is 0.412. The number of aromatic amines is 1. The Hall–Kier alpha value is -2.74. The van der Waals surface area contributed by atoms with Crippen LogP contribution in [-0.2, 0) is 11.3 Å². The van der Waals surface area contributed by atoms with Crippen LogP contribution in [0.5, 0.6) is 0 Å². The maximum Gasteiger partial charge on any atom is 0.335 e. The van der Waals surface area contributed by atoms with E-state index in [1.807, 2.05) is 0 Å². The van der Waals surface area contributed by atoms with Crippen molar-refractivity contribution in [3.05, 3.63) is 47.0 Å². The second-order valence-electron chi connectivity index (χ2n) is 5.97. The average molecular weight is 344 g/mol. The Morgan fingerprint density at radius 1 is 1.28 bits per heavy atom. The van der Waals surface area contributed by atoms with E-state index in [9.17, 15) is 9.59 Å². The van der Waals surface area contributed by atoms with Gasteiger partial charge in [-0.1, -0.05) is 0 Å². The minimum atomic E-state index is -1.01. The zero-order valence-electron chi connectivity index (χ0n) is 13.9. The molecule has 1 aliphatic rings. The molecule has 0 spiro atoms. The first-order chi connectivity index (χ1) is 12.1. The number of carboxylic acid groups (broad SMARTS) is 1. The molecular weight excluding hydrogens is 324 g/mol. The molecule has 2 aromatic rings. The van der Waals surface area contributed by atoms with Crippen molar-refractivity contribution < 1.29 is 19.4 Å². The minimum absolute atomic E-state index is 0.139. The molecule has 1 aromatic carbocycles. The number of amides is 1. The van der Waals surface area contributed by atoms with Crippen molar-refractivity contribution in [3.63, 3.8) is 0 Å². The van der Waals surface area contributed by atoms with E-state index in [2.05, 4.69) is 15.2 Å². The van der Waals surface area contributed by atoms with Gasteiger partial charge >= 0.3 is 5.97 Å². The van der Waals surface area contributed by atoms with E-state index in [0.29, 0.717) is 30.4 Å². The molecule has 1 aliphatic heterocycles. The number of aromatic nitrogens is 3. The van der Waals surface area contributed by atoms with Gasteiger partial charge in [0.2, 0.25) is 0 Å². The summed E-state index contributed by atoms with van der Waals surface area (Å²) < 4.78 is 5.04. The fourth-order valence-corrected chi connectivity index (χ4v) is 3.02. The Labute approximate surface area is 144 Å². The van der Waals surface area contributed by atoms with Gasteiger partial charge in [0.1, 0.15) is 6.61 Å². The van der Waals surface area contributed by atoms with Crippen LogP contribution < -0.4 is 0 Å². The molecule has 1 amide bonds. The van der Waals surface area contributed by atoms with Crippen LogP contribution in [0.4, 0.5) is 0 Å². The first-order valence-corrected chi connectivity index (χ1v) is 8.14. The fourth-order valence-electron chi connectivity index (χ4n) is 3.02. The maximum atomic E-state index is 12.9. The largest absolute Gasteiger partial charge is 0.478 e. The zero-order chi connectivity index (χ0) is 17.8. The number of methoxy groups -OCH3 is 1. The van der Waals surface area contributed by atoms with Crippen molar-refractivity contribution in [3.8, 4) is 0 Å². The van der Waals surface area contributed by atoms with Crippen molar-refractivity contribution in [2.75, 3.05) is 13.7 Å². The molecule has 25 heavy (non-hydrogen) atoms. The molecular formula is C17H20N4O4. The van der Waals surface area contributed by atoms with E-state index in [0.717, 1.165) is 19.3 Å². The van der Waals surface area contributed by atoms with Crippen LogP contribution in [0.1, 0.15) is 57.7 Å². The summed E-state index contributed by atoms with van der Waals surface area (Å²) in [6.07, 6.45) is 2.72. The number of aromatic carboxylic acids is 1. The number of rotatable bonds is 5. The van der Waals surface area contributed by atoms with Crippen LogP contribution in [0, 0.1) is 0 Å². The molecule has 1 unspecified atom stereocenters. The van der Waals surface area contributed by atoms with Crippen molar-refractivity contribution >= 4 is 11.9 Å². The van der Waals surface area contributed by atoms with Gasteiger partial charge in [-0.3, -0.25) is 9.89 Å². The highest BCUT2D eigenvalue weighted by Crippen LogP contribution is 2.30. The van der Waals surface area contributed by atoms with Gasteiger partial charge in [-0.25, -0.2) is 9.78 Å². The van der Waals surface area contributed by atoms with Gasteiger partial charge in [-0.05, 0) is 43.5 Å². The third-order valence-electron chi connectivity index (χ3n) is 4.27. The summed E-state index contributed by atoms with van der Waals surface area (Å²) in [4.78, 5) is 30.0. The minimum Gasteiger partial charge on any atom is -0.478 e. The summed E-state index contributed by atoms with van der Waals surface area (Å²) in [6.45, 7) is 0.961. The number of piperidine rings is 1. The Balaban J connectivity index is 1.81. The molecule has 2 N–H and O–H groups in total. The molecule has 0 bridgehead atoms. The van der Waals surface area contributed by atoms with Crippen LogP contribution in [0.25, 0.3) is 0 Å².